The molecule has 19 heavy (non-hydrogen) atoms. The molecule has 1 aromatic carbocycles. The van der Waals surface area contributed by atoms with Crippen molar-refractivity contribution in [2.75, 3.05) is 6.54 Å². The Morgan fingerprint density at radius 1 is 1.26 bits per heavy atom. The Labute approximate surface area is 112 Å². The number of carboxylic acids is 1. The van der Waals surface area contributed by atoms with E-state index in [0.29, 0.717) is 5.56 Å². The van der Waals surface area contributed by atoms with Crippen LogP contribution in [0.25, 0.3) is 0 Å². The molecule has 0 radical (unpaired) electrons. The standard InChI is InChI=1S/C14H19NO4/c1-14(2,3)19-11(16)9-15-12(13(17)18)10-7-5-4-6-8-10/h4-8,12,15H,9H2,1-3H3,(H,17,18)/t12-/m0/s1. The van der Waals surface area contributed by atoms with Crippen LogP contribution in [0.5, 0.6) is 0 Å². The molecule has 2 N–H and O–H groups in total. The van der Waals surface area contributed by atoms with Crippen LogP contribution in [0.2, 0.25) is 0 Å². The van der Waals surface area contributed by atoms with Crippen LogP contribution in [0.3, 0.4) is 0 Å². The van der Waals surface area contributed by atoms with Crippen molar-refractivity contribution in [1.82, 2.24) is 5.32 Å². The second-order valence-electron chi connectivity index (χ2n) is 5.15. The van der Waals surface area contributed by atoms with Gasteiger partial charge >= 0.3 is 11.9 Å². The summed E-state index contributed by atoms with van der Waals surface area (Å²) < 4.78 is 5.11. The molecule has 104 valence electrons. The number of carboxylic acid groups (broad SMARTS) is 1. The maximum atomic E-state index is 11.5. The summed E-state index contributed by atoms with van der Waals surface area (Å²) in [6, 6.07) is 7.77. The fourth-order valence-electron chi connectivity index (χ4n) is 1.56. The smallest absolute Gasteiger partial charge is 0.325 e. The van der Waals surface area contributed by atoms with Gasteiger partial charge in [-0.2, -0.15) is 0 Å². The third kappa shape index (κ3) is 5.52. The fraction of sp³-hybridized carbons (Fsp3) is 0.429. The summed E-state index contributed by atoms with van der Waals surface area (Å²) >= 11 is 0. The van der Waals surface area contributed by atoms with E-state index >= 15 is 0 Å². The average Bonchev–Trinajstić information content (AvgIpc) is 2.27. The van der Waals surface area contributed by atoms with Crippen LogP contribution in [0.15, 0.2) is 30.3 Å². The quantitative estimate of drug-likeness (QED) is 0.793. The van der Waals surface area contributed by atoms with Crippen molar-refractivity contribution in [2.24, 2.45) is 0 Å². The van der Waals surface area contributed by atoms with E-state index in [9.17, 15) is 9.59 Å². The SMILES string of the molecule is CC(C)(C)OC(=O)CN[C@H](C(=O)O)c1ccccc1. The van der Waals surface area contributed by atoms with Crippen LogP contribution in [0.1, 0.15) is 32.4 Å². The molecule has 0 spiro atoms. The first-order valence-corrected chi connectivity index (χ1v) is 6.02. The highest BCUT2D eigenvalue weighted by atomic mass is 16.6. The van der Waals surface area contributed by atoms with E-state index in [0.717, 1.165) is 0 Å². The molecule has 0 amide bonds. The second-order valence-corrected chi connectivity index (χ2v) is 5.15. The number of carbonyl (C=O) groups is 2. The van der Waals surface area contributed by atoms with Crippen molar-refractivity contribution in [2.45, 2.75) is 32.4 Å². The number of hydrogen-bond donors (Lipinski definition) is 2. The van der Waals surface area contributed by atoms with Crippen LogP contribution in [0.4, 0.5) is 0 Å². The number of hydrogen-bond acceptors (Lipinski definition) is 4. The minimum atomic E-state index is -1.03. The Bertz CT molecular complexity index is 437. The molecular formula is C14H19NO4. The molecule has 1 rings (SSSR count). The van der Waals surface area contributed by atoms with E-state index in [4.69, 9.17) is 9.84 Å². The highest BCUT2D eigenvalue weighted by Crippen LogP contribution is 2.13. The maximum absolute atomic E-state index is 11.5. The second kappa shape index (κ2) is 6.33. The van der Waals surface area contributed by atoms with Gasteiger partial charge in [-0.15, -0.1) is 0 Å². The van der Waals surface area contributed by atoms with Crippen LogP contribution in [-0.2, 0) is 14.3 Å². The van der Waals surface area contributed by atoms with Crippen molar-refractivity contribution in [3.63, 3.8) is 0 Å². The molecule has 0 saturated carbocycles. The average molecular weight is 265 g/mol. The fourth-order valence-corrected chi connectivity index (χ4v) is 1.56. The molecule has 0 saturated heterocycles. The van der Waals surface area contributed by atoms with Gasteiger partial charge in [0.2, 0.25) is 0 Å². The Balaban J connectivity index is 2.62. The summed E-state index contributed by atoms with van der Waals surface area (Å²) in [6.07, 6.45) is 0. The highest BCUT2D eigenvalue weighted by molar-refractivity contribution is 5.77. The summed E-state index contributed by atoms with van der Waals surface area (Å²) in [6.45, 7) is 5.13. The van der Waals surface area contributed by atoms with Crippen molar-refractivity contribution >= 4 is 11.9 Å². The predicted molar refractivity (Wildman–Crippen MR) is 70.7 cm³/mol. The molecule has 5 heteroatoms. The molecule has 1 atom stereocenters. The van der Waals surface area contributed by atoms with Gasteiger partial charge in [-0.05, 0) is 26.3 Å². The summed E-state index contributed by atoms with van der Waals surface area (Å²) in [4.78, 5) is 22.7. The first-order valence-electron chi connectivity index (χ1n) is 6.02. The van der Waals surface area contributed by atoms with Gasteiger partial charge in [-0.1, -0.05) is 30.3 Å². The molecule has 0 aliphatic carbocycles. The molecule has 0 aliphatic heterocycles. The maximum Gasteiger partial charge on any atom is 0.325 e. The van der Waals surface area contributed by atoms with Gasteiger partial charge in [-0.3, -0.25) is 14.9 Å². The largest absolute Gasteiger partial charge is 0.480 e. The highest BCUT2D eigenvalue weighted by Gasteiger charge is 2.22. The lowest BCUT2D eigenvalue weighted by molar-refractivity contribution is -0.154. The van der Waals surface area contributed by atoms with Gasteiger partial charge in [0, 0.05) is 0 Å². The van der Waals surface area contributed by atoms with Crippen molar-refractivity contribution in [3.8, 4) is 0 Å². The summed E-state index contributed by atoms with van der Waals surface area (Å²) in [5.41, 5.74) is 0.0168. The molecule has 0 bridgehead atoms. The van der Waals surface area contributed by atoms with Crippen molar-refractivity contribution in [1.29, 1.82) is 0 Å². The van der Waals surface area contributed by atoms with Gasteiger partial charge in [0.1, 0.15) is 11.6 Å². The lowest BCUT2D eigenvalue weighted by atomic mass is 10.1. The molecule has 0 aliphatic rings. The molecule has 0 heterocycles. The lowest BCUT2D eigenvalue weighted by Gasteiger charge is -2.21. The molecule has 0 unspecified atom stereocenters. The molecular weight excluding hydrogens is 246 g/mol. The van der Waals surface area contributed by atoms with Gasteiger partial charge in [0.05, 0.1) is 6.54 Å². The molecule has 0 fully saturated rings. The summed E-state index contributed by atoms with van der Waals surface area (Å²) in [5.74, 6) is -1.51. The number of carbonyl (C=O) groups excluding carboxylic acids is 1. The summed E-state index contributed by atoms with van der Waals surface area (Å²) in [7, 11) is 0. The zero-order valence-corrected chi connectivity index (χ0v) is 11.3. The number of esters is 1. The van der Waals surface area contributed by atoms with Crippen molar-refractivity contribution in [3.05, 3.63) is 35.9 Å². The van der Waals surface area contributed by atoms with E-state index in [1.807, 2.05) is 0 Å². The van der Waals surface area contributed by atoms with Crippen LogP contribution >= 0.6 is 0 Å². The van der Waals surface area contributed by atoms with E-state index in [-0.39, 0.29) is 6.54 Å². The monoisotopic (exact) mass is 265 g/mol. The minimum Gasteiger partial charge on any atom is -0.480 e. The van der Waals surface area contributed by atoms with Gasteiger partial charge in [-0.25, -0.2) is 0 Å². The summed E-state index contributed by atoms with van der Waals surface area (Å²) in [5, 5.41) is 11.8. The molecule has 0 aromatic heterocycles. The first kappa shape index (κ1) is 15.2. The number of rotatable bonds is 5. The van der Waals surface area contributed by atoms with Gasteiger partial charge in [0.25, 0.3) is 0 Å². The minimum absolute atomic E-state index is 0.150. The van der Waals surface area contributed by atoms with Crippen molar-refractivity contribution < 1.29 is 19.4 Å². The number of nitrogens with one attached hydrogen (secondary N) is 1. The predicted octanol–water partition coefficient (Wildman–Crippen LogP) is 1.74. The normalized spacial score (nSPS) is 12.8. The topological polar surface area (TPSA) is 75.6 Å². The zero-order valence-electron chi connectivity index (χ0n) is 11.3. The first-order chi connectivity index (χ1) is 8.79. The Kier molecular flexibility index (Phi) is 5.06. The van der Waals surface area contributed by atoms with E-state index < -0.39 is 23.6 Å². The van der Waals surface area contributed by atoms with E-state index in [1.54, 1.807) is 51.1 Å². The van der Waals surface area contributed by atoms with Crippen LogP contribution in [0, 0.1) is 0 Å². The lowest BCUT2D eigenvalue weighted by Crippen LogP contribution is -2.36. The third-order valence-corrected chi connectivity index (χ3v) is 2.25. The number of ether oxygens (including phenoxy) is 1. The van der Waals surface area contributed by atoms with Gasteiger partial charge in [0.15, 0.2) is 0 Å². The zero-order chi connectivity index (χ0) is 14.5. The molecule has 5 nitrogen and oxygen atoms in total. The number of aliphatic carboxylic acids is 1. The van der Waals surface area contributed by atoms with Gasteiger partial charge < -0.3 is 9.84 Å². The van der Waals surface area contributed by atoms with Crippen LogP contribution < -0.4 is 5.32 Å². The molecule has 1 aromatic rings. The van der Waals surface area contributed by atoms with Crippen LogP contribution in [-0.4, -0.2) is 29.2 Å². The van der Waals surface area contributed by atoms with E-state index in [1.165, 1.54) is 0 Å². The third-order valence-electron chi connectivity index (χ3n) is 2.25. The Morgan fingerprint density at radius 3 is 2.32 bits per heavy atom. The Morgan fingerprint density at radius 2 is 1.84 bits per heavy atom. The van der Waals surface area contributed by atoms with E-state index in [2.05, 4.69) is 5.32 Å². The Hall–Kier alpha value is -1.88. The number of benzene rings is 1.